The van der Waals surface area contributed by atoms with Crippen LogP contribution in [-0.2, 0) is 16.0 Å². The van der Waals surface area contributed by atoms with Gasteiger partial charge in [0.05, 0.1) is 5.92 Å². The lowest BCUT2D eigenvalue weighted by atomic mass is 9.81. The van der Waals surface area contributed by atoms with E-state index >= 15 is 0 Å². The normalized spacial score (nSPS) is 13.6. The Hall–Kier alpha value is -1.95. The number of hydrogen-bond donors (Lipinski definition) is 3. The van der Waals surface area contributed by atoms with Gasteiger partial charge in [-0.2, -0.15) is 0 Å². The molecule has 22 heavy (non-hydrogen) atoms. The number of primary amides is 1. The SMILES string of the molecule is CC(C)C[C@@H](C(N)=O)[C@H](CCCc1ccccn1)C(=O)NO. The number of aromatic nitrogens is 1. The largest absolute Gasteiger partial charge is 0.369 e. The number of pyridine rings is 1. The molecule has 1 heterocycles. The lowest BCUT2D eigenvalue weighted by Gasteiger charge is -2.24. The first kappa shape index (κ1) is 18.1. The zero-order valence-corrected chi connectivity index (χ0v) is 13.2. The fourth-order valence-corrected chi connectivity index (χ4v) is 2.63. The topological polar surface area (TPSA) is 105 Å². The van der Waals surface area contributed by atoms with Crippen molar-refractivity contribution in [3.05, 3.63) is 30.1 Å². The van der Waals surface area contributed by atoms with Crippen molar-refractivity contribution in [1.29, 1.82) is 0 Å². The Morgan fingerprint density at radius 2 is 2.05 bits per heavy atom. The van der Waals surface area contributed by atoms with Crippen LogP contribution in [0, 0.1) is 17.8 Å². The molecule has 0 spiro atoms. The summed E-state index contributed by atoms with van der Waals surface area (Å²) >= 11 is 0. The molecule has 0 aliphatic heterocycles. The monoisotopic (exact) mass is 307 g/mol. The van der Waals surface area contributed by atoms with Crippen molar-refractivity contribution in [3.8, 4) is 0 Å². The molecule has 0 aromatic carbocycles. The van der Waals surface area contributed by atoms with E-state index < -0.39 is 23.7 Å². The molecule has 1 aromatic heterocycles. The number of hydroxylamine groups is 1. The van der Waals surface area contributed by atoms with Crippen LogP contribution in [0.2, 0.25) is 0 Å². The van der Waals surface area contributed by atoms with Gasteiger partial charge in [-0.25, -0.2) is 5.48 Å². The number of nitrogens with zero attached hydrogens (tertiary/aromatic N) is 1. The molecule has 0 radical (unpaired) electrons. The average Bonchev–Trinajstić information content (AvgIpc) is 2.49. The summed E-state index contributed by atoms with van der Waals surface area (Å²) in [6, 6.07) is 5.67. The summed E-state index contributed by atoms with van der Waals surface area (Å²) in [5.41, 5.74) is 8.04. The van der Waals surface area contributed by atoms with E-state index in [-0.39, 0.29) is 5.92 Å². The van der Waals surface area contributed by atoms with E-state index in [1.165, 1.54) is 0 Å². The second-order valence-corrected chi connectivity index (χ2v) is 5.93. The molecule has 6 nitrogen and oxygen atoms in total. The van der Waals surface area contributed by atoms with Crippen molar-refractivity contribution < 1.29 is 14.8 Å². The summed E-state index contributed by atoms with van der Waals surface area (Å²) in [7, 11) is 0. The lowest BCUT2D eigenvalue weighted by molar-refractivity contribution is -0.140. The van der Waals surface area contributed by atoms with Gasteiger partial charge in [-0.15, -0.1) is 0 Å². The first-order chi connectivity index (χ1) is 10.5. The van der Waals surface area contributed by atoms with Crippen LogP contribution in [0.25, 0.3) is 0 Å². The minimum Gasteiger partial charge on any atom is -0.369 e. The maximum Gasteiger partial charge on any atom is 0.247 e. The number of nitrogens with two attached hydrogens (primary N) is 1. The Balaban J connectivity index is 2.70. The third kappa shape index (κ3) is 5.81. The van der Waals surface area contributed by atoms with Crippen LogP contribution in [0.5, 0.6) is 0 Å². The van der Waals surface area contributed by atoms with Crippen LogP contribution in [-0.4, -0.2) is 22.0 Å². The maximum absolute atomic E-state index is 11.9. The first-order valence-electron chi connectivity index (χ1n) is 7.58. The Bertz CT molecular complexity index is 477. The molecule has 6 heteroatoms. The Kier molecular flexibility index (Phi) is 7.52. The van der Waals surface area contributed by atoms with Crippen LogP contribution < -0.4 is 11.2 Å². The zero-order chi connectivity index (χ0) is 16.5. The van der Waals surface area contributed by atoms with Crippen LogP contribution in [0.3, 0.4) is 0 Å². The van der Waals surface area contributed by atoms with Gasteiger partial charge in [0.1, 0.15) is 0 Å². The van der Waals surface area contributed by atoms with Gasteiger partial charge in [-0.3, -0.25) is 19.8 Å². The summed E-state index contributed by atoms with van der Waals surface area (Å²) in [6.45, 7) is 3.94. The highest BCUT2D eigenvalue weighted by Crippen LogP contribution is 2.25. The van der Waals surface area contributed by atoms with E-state index in [0.29, 0.717) is 25.7 Å². The molecule has 2 atom stereocenters. The fraction of sp³-hybridized carbons (Fsp3) is 0.562. The van der Waals surface area contributed by atoms with Gasteiger partial charge >= 0.3 is 0 Å². The Labute approximate surface area is 131 Å². The van der Waals surface area contributed by atoms with Crippen molar-refractivity contribution in [2.45, 2.75) is 39.5 Å². The Morgan fingerprint density at radius 3 is 2.55 bits per heavy atom. The predicted octanol–water partition coefficient (Wildman–Crippen LogP) is 1.67. The molecule has 0 fully saturated rings. The van der Waals surface area contributed by atoms with Crippen LogP contribution >= 0.6 is 0 Å². The molecule has 1 rings (SSSR count). The van der Waals surface area contributed by atoms with Crippen molar-refractivity contribution in [1.82, 2.24) is 10.5 Å². The molecule has 0 aliphatic carbocycles. The third-order valence-corrected chi connectivity index (χ3v) is 3.70. The van der Waals surface area contributed by atoms with E-state index in [1.54, 1.807) is 11.7 Å². The minimum atomic E-state index is -0.617. The summed E-state index contributed by atoms with van der Waals surface area (Å²) in [4.78, 5) is 27.8. The molecule has 122 valence electrons. The van der Waals surface area contributed by atoms with Crippen molar-refractivity contribution in [3.63, 3.8) is 0 Å². The van der Waals surface area contributed by atoms with Gasteiger partial charge < -0.3 is 5.73 Å². The highest BCUT2D eigenvalue weighted by molar-refractivity contribution is 5.86. The second kappa shape index (κ2) is 9.15. The number of carbonyl (C=O) groups excluding carboxylic acids is 2. The van der Waals surface area contributed by atoms with Gasteiger partial charge in [0.15, 0.2) is 0 Å². The highest BCUT2D eigenvalue weighted by Gasteiger charge is 2.32. The van der Waals surface area contributed by atoms with Gasteiger partial charge in [-0.1, -0.05) is 19.9 Å². The first-order valence-corrected chi connectivity index (χ1v) is 7.58. The highest BCUT2D eigenvalue weighted by atomic mass is 16.5. The van der Waals surface area contributed by atoms with Gasteiger partial charge in [-0.05, 0) is 43.7 Å². The van der Waals surface area contributed by atoms with Gasteiger partial charge in [0.25, 0.3) is 0 Å². The smallest absolute Gasteiger partial charge is 0.247 e. The molecular formula is C16H25N3O3. The number of aryl methyl sites for hydroxylation is 1. The van der Waals surface area contributed by atoms with Crippen LogP contribution in [0.1, 0.15) is 38.8 Å². The quantitative estimate of drug-likeness (QED) is 0.476. The van der Waals surface area contributed by atoms with E-state index in [0.717, 1.165) is 5.69 Å². The molecule has 2 amide bonds. The van der Waals surface area contributed by atoms with Crippen LogP contribution in [0.4, 0.5) is 0 Å². The Morgan fingerprint density at radius 1 is 1.32 bits per heavy atom. The zero-order valence-electron chi connectivity index (χ0n) is 13.2. The number of rotatable bonds is 9. The average molecular weight is 307 g/mol. The maximum atomic E-state index is 11.9. The van der Waals surface area contributed by atoms with Crippen LogP contribution in [0.15, 0.2) is 24.4 Å². The van der Waals surface area contributed by atoms with E-state index in [4.69, 9.17) is 10.9 Å². The van der Waals surface area contributed by atoms with E-state index in [2.05, 4.69) is 4.98 Å². The number of amides is 2. The van der Waals surface area contributed by atoms with Crippen molar-refractivity contribution in [2.24, 2.45) is 23.5 Å². The summed E-state index contributed by atoms with van der Waals surface area (Å²) in [5, 5.41) is 8.92. The standard InChI is InChI=1S/C16H25N3O3/c1-11(2)10-14(15(17)20)13(16(21)19-22)8-5-7-12-6-3-4-9-18-12/h3-4,6,9,11,13-14,22H,5,7-8,10H2,1-2H3,(H2,17,20)(H,19,21)/t13-,14+/m0/s1. The molecule has 0 saturated heterocycles. The van der Waals surface area contributed by atoms with Gasteiger partial charge in [0.2, 0.25) is 11.8 Å². The predicted molar refractivity (Wildman–Crippen MR) is 82.7 cm³/mol. The minimum absolute atomic E-state index is 0.238. The van der Waals surface area contributed by atoms with Crippen molar-refractivity contribution in [2.75, 3.05) is 0 Å². The van der Waals surface area contributed by atoms with Gasteiger partial charge in [0, 0.05) is 17.8 Å². The summed E-state index contributed by atoms with van der Waals surface area (Å²) in [6.07, 6.45) is 4.12. The number of carbonyl (C=O) groups is 2. The summed E-state index contributed by atoms with van der Waals surface area (Å²) in [5.74, 6) is -2.00. The fourth-order valence-electron chi connectivity index (χ4n) is 2.63. The lowest BCUT2D eigenvalue weighted by Crippen LogP contribution is -2.40. The summed E-state index contributed by atoms with van der Waals surface area (Å²) < 4.78 is 0. The molecule has 0 saturated carbocycles. The van der Waals surface area contributed by atoms with E-state index in [1.807, 2.05) is 32.0 Å². The molecule has 0 unspecified atom stereocenters. The molecule has 0 aliphatic rings. The second-order valence-electron chi connectivity index (χ2n) is 5.93. The molecule has 4 N–H and O–H groups in total. The molecule has 1 aromatic rings. The van der Waals surface area contributed by atoms with E-state index in [9.17, 15) is 9.59 Å². The molecule has 0 bridgehead atoms. The number of nitrogens with one attached hydrogen (secondary N) is 1. The third-order valence-electron chi connectivity index (χ3n) is 3.70. The molecular weight excluding hydrogens is 282 g/mol. The number of hydrogen-bond acceptors (Lipinski definition) is 4. The van der Waals surface area contributed by atoms with Crippen molar-refractivity contribution >= 4 is 11.8 Å².